The van der Waals surface area contributed by atoms with Gasteiger partial charge in [-0.3, -0.25) is 0 Å². The lowest BCUT2D eigenvalue weighted by molar-refractivity contribution is 0.869. The highest BCUT2D eigenvalue weighted by molar-refractivity contribution is 14.1. The van der Waals surface area contributed by atoms with Crippen LogP contribution in [-0.2, 0) is 6.42 Å². The molecule has 106 valence electrons. The van der Waals surface area contributed by atoms with Crippen molar-refractivity contribution in [1.29, 1.82) is 0 Å². The quantitative estimate of drug-likeness (QED) is 0.674. The number of aromatic nitrogens is 2. The monoisotopic (exact) mass is 389 g/mol. The van der Waals surface area contributed by atoms with Gasteiger partial charge in [-0.25, -0.2) is 9.97 Å². The molecule has 0 aliphatic heterocycles. The van der Waals surface area contributed by atoms with Gasteiger partial charge in [-0.1, -0.05) is 49.7 Å². The Balaban J connectivity index is 2.13. The van der Waals surface area contributed by atoms with E-state index in [1.165, 1.54) is 10.8 Å². The van der Waals surface area contributed by atoms with E-state index in [0.29, 0.717) is 11.6 Å². The normalized spacial score (nSPS) is 11.0. The molecule has 0 aliphatic rings. The molecule has 0 radical (unpaired) electrons. The molecular formula is C17H16IN3. The maximum atomic E-state index is 6.04. The first-order chi connectivity index (χ1) is 10.2. The number of halogens is 1. The average Bonchev–Trinajstić information content (AvgIpc) is 2.51. The van der Waals surface area contributed by atoms with Crippen LogP contribution in [0, 0.1) is 3.57 Å². The van der Waals surface area contributed by atoms with Gasteiger partial charge in [0.1, 0.15) is 5.82 Å². The maximum absolute atomic E-state index is 6.04. The number of aryl methyl sites for hydroxylation is 1. The van der Waals surface area contributed by atoms with Crippen LogP contribution in [0.2, 0.25) is 0 Å². The Morgan fingerprint density at radius 2 is 1.81 bits per heavy atom. The average molecular weight is 389 g/mol. The fraction of sp³-hybridized carbons (Fsp3) is 0.176. The summed E-state index contributed by atoms with van der Waals surface area (Å²) in [6.07, 6.45) is 1.97. The third-order valence-electron chi connectivity index (χ3n) is 3.44. The largest absolute Gasteiger partial charge is 0.383 e. The Hall–Kier alpha value is -1.69. The molecule has 0 aliphatic carbocycles. The lowest BCUT2D eigenvalue weighted by Crippen LogP contribution is -2.05. The molecule has 0 bridgehead atoms. The summed E-state index contributed by atoms with van der Waals surface area (Å²) >= 11 is 2.23. The molecular weight excluding hydrogens is 373 g/mol. The lowest BCUT2D eigenvalue weighted by Gasteiger charge is -2.09. The smallest absolute Gasteiger partial charge is 0.161 e. The molecule has 3 nitrogen and oxygen atoms in total. The molecule has 21 heavy (non-hydrogen) atoms. The van der Waals surface area contributed by atoms with Crippen molar-refractivity contribution in [3.8, 4) is 11.4 Å². The molecule has 1 aromatic heterocycles. The zero-order valence-electron chi connectivity index (χ0n) is 11.8. The second-order valence-electron chi connectivity index (χ2n) is 5.01. The van der Waals surface area contributed by atoms with E-state index in [-0.39, 0.29) is 0 Å². The molecule has 2 N–H and O–H groups in total. The number of fused-ring (bicyclic) bond motifs is 1. The summed E-state index contributed by atoms with van der Waals surface area (Å²) in [6, 6.07) is 14.6. The molecule has 2 aromatic carbocycles. The molecule has 3 aromatic rings. The van der Waals surface area contributed by atoms with Crippen molar-refractivity contribution in [2.75, 3.05) is 5.73 Å². The van der Waals surface area contributed by atoms with Crippen LogP contribution in [-0.4, -0.2) is 9.97 Å². The van der Waals surface area contributed by atoms with Crippen LogP contribution in [0.1, 0.15) is 19.0 Å². The molecule has 1 heterocycles. The van der Waals surface area contributed by atoms with Gasteiger partial charge in [0.25, 0.3) is 0 Å². The summed E-state index contributed by atoms with van der Waals surface area (Å²) in [5, 5.41) is 2.40. The van der Waals surface area contributed by atoms with Crippen LogP contribution < -0.4 is 5.73 Å². The Labute approximate surface area is 137 Å². The molecule has 0 unspecified atom stereocenters. The first-order valence-electron chi connectivity index (χ1n) is 7.00. The number of hydrogen-bond acceptors (Lipinski definition) is 3. The third-order valence-corrected chi connectivity index (χ3v) is 4.62. The number of nitrogens with zero attached hydrogens (tertiary/aromatic N) is 2. The van der Waals surface area contributed by atoms with Crippen LogP contribution in [0.3, 0.4) is 0 Å². The highest BCUT2D eigenvalue weighted by atomic mass is 127. The van der Waals surface area contributed by atoms with Crippen LogP contribution in [0.5, 0.6) is 0 Å². The van der Waals surface area contributed by atoms with Crippen molar-refractivity contribution in [1.82, 2.24) is 9.97 Å². The van der Waals surface area contributed by atoms with Gasteiger partial charge in [0.15, 0.2) is 5.82 Å². The highest BCUT2D eigenvalue weighted by Gasteiger charge is 2.11. The van der Waals surface area contributed by atoms with Gasteiger partial charge in [-0.15, -0.1) is 0 Å². The van der Waals surface area contributed by atoms with E-state index in [4.69, 9.17) is 10.7 Å². The van der Waals surface area contributed by atoms with Crippen LogP contribution >= 0.6 is 22.6 Å². The molecule has 4 heteroatoms. The minimum atomic E-state index is 0.567. The highest BCUT2D eigenvalue weighted by Crippen LogP contribution is 2.25. The van der Waals surface area contributed by atoms with Gasteiger partial charge in [-0.2, -0.15) is 0 Å². The van der Waals surface area contributed by atoms with E-state index in [0.717, 1.165) is 27.7 Å². The SMILES string of the molecule is CCCc1nc(-c2ccc3ccccc3c2)nc(N)c1I. The first kappa shape index (κ1) is 14.3. The van der Waals surface area contributed by atoms with Gasteiger partial charge in [0, 0.05) is 5.56 Å². The number of nitrogens with two attached hydrogens (primary N) is 1. The molecule has 0 amide bonds. The van der Waals surface area contributed by atoms with E-state index in [2.05, 4.69) is 64.8 Å². The number of hydrogen-bond donors (Lipinski definition) is 1. The molecule has 0 fully saturated rings. The summed E-state index contributed by atoms with van der Waals surface area (Å²) < 4.78 is 0.971. The van der Waals surface area contributed by atoms with Crippen molar-refractivity contribution in [3.05, 3.63) is 51.7 Å². The standard InChI is InChI=1S/C17H16IN3/c1-2-5-14-15(18)16(19)21-17(20-14)13-9-8-11-6-3-4-7-12(11)10-13/h3-4,6-10H,2,5H2,1H3,(H2,19,20,21). The Morgan fingerprint density at radius 3 is 2.57 bits per heavy atom. The summed E-state index contributed by atoms with van der Waals surface area (Å²) in [6.45, 7) is 2.14. The van der Waals surface area contributed by atoms with E-state index in [9.17, 15) is 0 Å². The lowest BCUT2D eigenvalue weighted by atomic mass is 10.1. The van der Waals surface area contributed by atoms with E-state index in [1.807, 2.05) is 12.1 Å². The van der Waals surface area contributed by atoms with Crippen molar-refractivity contribution < 1.29 is 0 Å². The predicted molar refractivity (Wildman–Crippen MR) is 96.1 cm³/mol. The van der Waals surface area contributed by atoms with E-state index in [1.54, 1.807) is 0 Å². The third kappa shape index (κ3) is 2.85. The zero-order chi connectivity index (χ0) is 14.8. The van der Waals surface area contributed by atoms with E-state index >= 15 is 0 Å². The number of rotatable bonds is 3. The summed E-state index contributed by atoms with van der Waals surface area (Å²) in [5.74, 6) is 1.28. The summed E-state index contributed by atoms with van der Waals surface area (Å²) in [7, 11) is 0. The zero-order valence-corrected chi connectivity index (χ0v) is 14.0. The number of nitrogen functional groups attached to an aromatic ring is 1. The Kier molecular flexibility index (Phi) is 4.05. The topological polar surface area (TPSA) is 51.8 Å². The molecule has 0 saturated carbocycles. The Morgan fingerprint density at radius 1 is 1.05 bits per heavy atom. The van der Waals surface area contributed by atoms with Crippen molar-refractivity contribution in [2.24, 2.45) is 0 Å². The number of benzene rings is 2. The second kappa shape index (κ2) is 5.97. The Bertz CT molecular complexity index is 799. The fourth-order valence-corrected chi connectivity index (χ4v) is 2.88. The van der Waals surface area contributed by atoms with Gasteiger partial charge >= 0.3 is 0 Å². The molecule has 0 atom stereocenters. The second-order valence-corrected chi connectivity index (χ2v) is 6.08. The van der Waals surface area contributed by atoms with Gasteiger partial charge < -0.3 is 5.73 Å². The van der Waals surface area contributed by atoms with Crippen molar-refractivity contribution >= 4 is 39.2 Å². The molecule has 0 saturated heterocycles. The van der Waals surface area contributed by atoms with Crippen molar-refractivity contribution in [2.45, 2.75) is 19.8 Å². The number of anilines is 1. The summed E-state index contributed by atoms with van der Waals surface area (Å²) in [5.41, 5.74) is 8.09. The summed E-state index contributed by atoms with van der Waals surface area (Å²) in [4.78, 5) is 9.15. The maximum Gasteiger partial charge on any atom is 0.161 e. The van der Waals surface area contributed by atoms with Crippen LogP contribution in [0.4, 0.5) is 5.82 Å². The first-order valence-corrected chi connectivity index (χ1v) is 8.08. The predicted octanol–water partition coefficient (Wildman–Crippen LogP) is 4.44. The van der Waals surface area contributed by atoms with Gasteiger partial charge in [0.05, 0.1) is 9.26 Å². The van der Waals surface area contributed by atoms with Gasteiger partial charge in [0.2, 0.25) is 0 Å². The van der Waals surface area contributed by atoms with E-state index < -0.39 is 0 Å². The van der Waals surface area contributed by atoms with Crippen LogP contribution in [0.15, 0.2) is 42.5 Å². The minimum Gasteiger partial charge on any atom is -0.383 e. The fourth-order valence-electron chi connectivity index (χ4n) is 2.37. The van der Waals surface area contributed by atoms with Crippen molar-refractivity contribution in [3.63, 3.8) is 0 Å². The molecule has 0 spiro atoms. The van der Waals surface area contributed by atoms with Gasteiger partial charge in [-0.05, 0) is 45.9 Å². The minimum absolute atomic E-state index is 0.567. The van der Waals surface area contributed by atoms with Crippen LogP contribution in [0.25, 0.3) is 22.2 Å². The molecule has 3 rings (SSSR count).